The molecule has 2 heterocycles. The normalized spacial score (nSPS) is 36.3. The monoisotopic (exact) mass is 504 g/mol. The molecule has 4 saturated carbocycles. The average molecular weight is 505 g/mol. The number of rotatable bonds is 6. The SMILES string of the molecule is O=C(N[C@H]1C2CC3C[C@@](O)(CCCC31)C2)c1cnc(NC2CCS(=O)(=O)CC2)nc1OC1CCC1. The van der Waals surface area contributed by atoms with Gasteiger partial charge in [0.25, 0.3) is 5.91 Å². The Labute approximate surface area is 206 Å². The molecule has 192 valence electrons. The van der Waals surface area contributed by atoms with E-state index in [2.05, 4.69) is 20.6 Å². The number of nitrogens with one attached hydrogen (secondary N) is 2. The average Bonchev–Trinajstić information content (AvgIpc) is 2.94. The molecule has 10 heteroatoms. The Kier molecular flexibility index (Phi) is 5.94. The summed E-state index contributed by atoms with van der Waals surface area (Å²) in [6.45, 7) is 0. The maximum absolute atomic E-state index is 13.5. The molecule has 3 unspecified atom stereocenters. The Hall–Kier alpha value is -1.94. The van der Waals surface area contributed by atoms with Crippen LogP contribution in [0.5, 0.6) is 5.88 Å². The molecule has 35 heavy (non-hydrogen) atoms. The van der Waals surface area contributed by atoms with E-state index in [0.29, 0.717) is 48.0 Å². The van der Waals surface area contributed by atoms with Crippen molar-refractivity contribution in [3.8, 4) is 5.88 Å². The molecular formula is C25H36N4O5S. The van der Waals surface area contributed by atoms with Gasteiger partial charge in [0, 0.05) is 18.3 Å². The topological polar surface area (TPSA) is 131 Å². The van der Waals surface area contributed by atoms with Crippen LogP contribution in [-0.4, -0.2) is 64.7 Å². The van der Waals surface area contributed by atoms with Crippen molar-refractivity contribution < 1.29 is 23.1 Å². The highest BCUT2D eigenvalue weighted by Gasteiger charge is 2.54. The number of anilines is 1. The molecule has 1 aromatic heterocycles. The largest absolute Gasteiger partial charge is 0.474 e. The summed E-state index contributed by atoms with van der Waals surface area (Å²) in [5.74, 6) is 2.01. The third-order valence-corrected chi connectivity index (χ3v) is 10.9. The lowest BCUT2D eigenvalue weighted by Crippen LogP contribution is -2.44. The van der Waals surface area contributed by atoms with Crippen LogP contribution in [0.2, 0.25) is 0 Å². The molecule has 1 aromatic rings. The number of fused-ring (bicyclic) bond motifs is 2. The molecule has 5 atom stereocenters. The number of carbonyl (C=O) groups excluding carboxylic acids is 1. The van der Waals surface area contributed by atoms with Crippen LogP contribution in [0.15, 0.2) is 6.20 Å². The number of ether oxygens (including phenoxy) is 1. The van der Waals surface area contributed by atoms with E-state index >= 15 is 0 Å². The summed E-state index contributed by atoms with van der Waals surface area (Å²) in [6.07, 6.45) is 11.3. The van der Waals surface area contributed by atoms with E-state index < -0.39 is 15.4 Å². The van der Waals surface area contributed by atoms with Gasteiger partial charge in [0.05, 0.1) is 17.1 Å². The molecule has 4 aliphatic carbocycles. The first kappa shape index (κ1) is 23.5. The van der Waals surface area contributed by atoms with Gasteiger partial charge in [-0.25, -0.2) is 13.4 Å². The van der Waals surface area contributed by atoms with Gasteiger partial charge in [-0.1, -0.05) is 6.42 Å². The zero-order valence-corrected chi connectivity index (χ0v) is 20.9. The van der Waals surface area contributed by atoms with E-state index in [-0.39, 0.29) is 35.6 Å². The third-order valence-electron chi connectivity index (χ3n) is 9.16. The molecule has 1 saturated heterocycles. The van der Waals surface area contributed by atoms with Gasteiger partial charge in [-0.3, -0.25) is 4.79 Å². The summed E-state index contributed by atoms with van der Waals surface area (Å²) in [5, 5.41) is 17.6. The lowest BCUT2D eigenvalue weighted by atomic mass is 9.76. The molecule has 3 bridgehead atoms. The third kappa shape index (κ3) is 4.75. The van der Waals surface area contributed by atoms with Crippen LogP contribution < -0.4 is 15.4 Å². The van der Waals surface area contributed by atoms with Crippen molar-refractivity contribution in [1.82, 2.24) is 15.3 Å². The van der Waals surface area contributed by atoms with Gasteiger partial charge in [-0.15, -0.1) is 0 Å². The standard InChI is InChI=1S/C25H36N4O5S/c30-22(28-21-16-11-15-12-25(31,13-16)8-2-5-19(15)21)20-14-26-24(29-23(20)34-18-3-1-4-18)27-17-6-9-35(32,33)10-7-17/h14-19,21,31H,1-13H2,(H,28,30)(H,26,27,29)/t15?,16?,19?,21-,25-/m0/s1. The molecule has 6 rings (SSSR count). The predicted octanol–water partition coefficient (Wildman–Crippen LogP) is 2.46. The summed E-state index contributed by atoms with van der Waals surface area (Å²) in [5.41, 5.74) is -0.212. The molecule has 9 nitrogen and oxygen atoms in total. The van der Waals surface area contributed by atoms with E-state index in [4.69, 9.17) is 4.74 Å². The van der Waals surface area contributed by atoms with E-state index in [9.17, 15) is 18.3 Å². The summed E-state index contributed by atoms with van der Waals surface area (Å²) >= 11 is 0. The molecule has 5 fully saturated rings. The molecule has 1 amide bonds. The Balaban J connectivity index is 1.19. The van der Waals surface area contributed by atoms with Crippen LogP contribution in [0.4, 0.5) is 5.95 Å². The first-order valence-corrected chi connectivity index (χ1v) is 15.1. The second-order valence-electron chi connectivity index (χ2n) is 11.6. The van der Waals surface area contributed by atoms with Gasteiger partial charge in [0.2, 0.25) is 11.8 Å². The number of aliphatic hydroxyl groups is 1. The predicted molar refractivity (Wildman–Crippen MR) is 130 cm³/mol. The van der Waals surface area contributed by atoms with E-state index in [1.807, 2.05) is 0 Å². The highest BCUT2D eigenvalue weighted by atomic mass is 32.2. The van der Waals surface area contributed by atoms with Gasteiger partial charge in [-0.2, -0.15) is 4.98 Å². The highest BCUT2D eigenvalue weighted by Crippen LogP contribution is 2.55. The zero-order chi connectivity index (χ0) is 24.2. The quantitative estimate of drug-likeness (QED) is 0.539. The number of nitrogens with zero attached hydrogens (tertiary/aromatic N) is 2. The first-order chi connectivity index (χ1) is 16.8. The number of hydrogen-bond donors (Lipinski definition) is 3. The fourth-order valence-corrected chi connectivity index (χ4v) is 8.63. The summed E-state index contributed by atoms with van der Waals surface area (Å²) < 4.78 is 29.6. The highest BCUT2D eigenvalue weighted by molar-refractivity contribution is 7.91. The zero-order valence-electron chi connectivity index (χ0n) is 20.1. The number of aromatic nitrogens is 2. The Morgan fingerprint density at radius 1 is 1.09 bits per heavy atom. The van der Waals surface area contributed by atoms with Crippen molar-refractivity contribution in [3.05, 3.63) is 11.8 Å². The molecule has 0 aromatic carbocycles. The van der Waals surface area contributed by atoms with Crippen molar-refractivity contribution in [3.63, 3.8) is 0 Å². The van der Waals surface area contributed by atoms with E-state index in [1.54, 1.807) is 0 Å². The minimum atomic E-state index is -2.95. The first-order valence-electron chi connectivity index (χ1n) is 13.3. The van der Waals surface area contributed by atoms with Crippen LogP contribution in [0.1, 0.15) is 81.0 Å². The second kappa shape index (κ2) is 8.87. The number of sulfone groups is 1. The van der Waals surface area contributed by atoms with E-state index in [1.165, 1.54) is 6.20 Å². The van der Waals surface area contributed by atoms with Crippen LogP contribution >= 0.6 is 0 Å². The maximum Gasteiger partial charge on any atom is 0.258 e. The molecule has 3 N–H and O–H groups in total. The van der Waals surface area contributed by atoms with Crippen molar-refractivity contribution in [2.24, 2.45) is 17.8 Å². The maximum atomic E-state index is 13.5. The Morgan fingerprint density at radius 2 is 1.86 bits per heavy atom. The molecule has 5 aliphatic rings. The molecule has 0 spiro atoms. The fourth-order valence-electron chi connectivity index (χ4n) is 7.14. The lowest BCUT2D eigenvalue weighted by molar-refractivity contribution is -0.0263. The van der Waals surface area contributed by atoms with Crippen LogP contribution in [0.3, 0.4) is 0 Å². The van der Waals surface area contributed by atoms with Gasteiger partial charge < -0.3 is 20.5 Å². The number of carbonyl (C=O) groups is 1. The molecular weight excluding hydrogens is 468 g/mol. The van der Waals surface area contributed by atoms with Gasteiger partial charge in [-0.05, 0) is 82.0 Å². The molecule has 0 radical (unpaired) electrons. The van der Waals surface area contributed by atoms with Crippen molar-refractivity contribution >= 4 is 21.7 Å². The van der Waals surface area contributed by atoms with E-state index in [0.717, 1.165) is 57.8 Å². The smallest absolute Gasteiger partial charge is 0.258 e. The van der Waals surface area contributed by atoms with Crippen molar-refractivity contribution in [2.75, 3.05) is 16.8 Å². The van der Waals surface area contributed by atoms with Gasteiger partial charge in [0.15, 0.2) is 0 Å². The summed E-state index contributed by atoms with van der Waals surface area (Å²) in [6, 6.07) is 0.0537. The summed E-state index contributed by atoms with van der Waals surface area (Å²) in [7, 11) is -2.95. The summed E-state index contributed by atoms with van der Waals surface area (Å²) in [4.78, 5) is 22.5. The Bertz CT molecular complexity index is 1080. The van der Waals surface area contributed by atoms with Gasteiger partial charge in [0.1, 0.15) is 21.5 Å². The minimum absolute atomic E-state index is 0.0161. The Morgan fingerprint density at radius 3 is 2.60 bits per heavy atom. The number of amides is 1. The molecule has 1 aliphatic heterocycles. The number of hydrogen-bond acceptors (Lipinski definition) is 8. The van der Waals surface area contributed by atoms with Crippen LogP contribution in [-0.2, 0) is 9.84 Å². The van der Waals surface area contributed by atoms with Crippen LogP contribution in [0.25, 0.3) is 0 Å². The second-order valence-corrected chi connectivity index (χ2v) is 13.9. The van der Waals surface area contributed by atoms with Gasteiger partial charge >= 0.3 is 0 Å². The minimum Gasteiger partial charge on any atom is -0.474 e. The fraction of sp³-hybridized carbons (Fsp3) is 0.800. The lowest BCUT2D eigenvalue weighted by Gasteiger charge is -2.36. The van der Waals surface area contributed by atoms with Crippen LogP contribution in [0, 0.1) is 17.8 Å². The van der Waals surface area contributed by atoms with Crippen molar-refractivity contribution in [1.29, 1.82) is 0 Å². The van der Waals surface area contributed by atoms with Crippen molar-refractivity contribution in [2.45, 2.75) is 94.4 Å².